The highest BCUT2D eigenvalue weighted by Crippen LogP contribution is 2.22. The average molecular weight is 266 g/mol. The van der Waals surface area contributed by atoms with E-state index in [1.165, 1.54) is 0 Å². The number of hydrogen-bond donors (Lipinski definition) is 2. The van der Waals surface area contributed by atoms with Gasteiger partial charge in [-0.1, -0.05) is 18.1 Å². The molecule has 0 amide bonds. The van der Waals surface area contributed by atoms with Crippen LogP contribution in [0.2, 0.25) is 0 Å². The molecule has 0 aliphatic carbocycles. The van der Waals surface area contributed by atoms with Gasteiger partial charge < -0.3 is 20.4 Å². The number of nitrogens with two attached hydrogens (primary N) is 1. The van der Waals surface area contributed by atoms with Crippen molar-refractivity contribution in [3.05, 3.63) is 29.3 Å². The number of rotatable bonds is 6. The van der Waals surface area contributed by atoms with Gasteiger partial charge in [-0.3, -0.25) is 0 Å². The molecule has 0 radical (unpaired) electrons. The predicted molar refractivity (Wildman–Crippen MR) is 74.7 cm³/mol. The summed E-state index contributed by atoms with van der Waals surface area (Å²) in [6, 6.07) is 5.46. The lowest BCUT2D eigenvalue weighted by Gasteiger charge is -2.23. The summed E-state index contributed by atoms with van der Waals surface area (Å²) in [7, 11) is 1.55. The van der Waals surface area contributed by atoms with E-state index in [-0.39, 0.29) is 11.4 Å². The fourth-order valence-electron chi connectivity index (χ4n) is 1.47. The molecule has 106 valence electrons. The molecule has 0 bridgehead atoms. The van der Waals surface area contributed by atoms with Crippen molar-refractivity contribution in [3.63, 3.8) is 0 Å². The summed E-state index contributed by atoms with van der Waals surface area (Å²) in [4.78, 5) is 0. The smallest absolute Gasteiger partial charge is 0.173 e. The zero-order chi connectivity index (χ0) is 14.5. The van der Waals surface area contributed by atoms with E-state index in [1.807, 2.05) is 12.1 Å². The second-order valence-corrected chi connectivity index (χ2v) is 4.92. The maximum Gasteiger partial charge on any atom is 0.173 e. The van der Waals surface area contributed by atoms with Crippen LogP contribution in [0.1, 0.15) is 38.3 Å². The Labute approximate surface area is 114 Å². The Morgan fingerprint density at radius 2 is 2.11 bits per heavy atom. The monoisotopic (exact) mass is 266 g/mol. The molecule has 0 saturated heterocycles. The van der Waals surface area contributed by atoms with Gasteiger partial charge in [-0.25, -0.2) is 0 Å². The van der Waals surface area contributed by atoms with Gasteiger partial charge in [-0.2, -0.15) is 0 Å². The number of methoxy groups -OCH3 is 1. The lowest BCUT2D eigenvalue weighted by Crippen LogP contribution is -2.22. The third-order valence-corrected chi connectivity index (χ3v) is 3.13. The molecule has 0 aromatic heterocycles. The van der Waals surface area contributed by atoms with Gasteiger partial charge in [0.1, 0.15) is 5.75 Å². The maximum atomic E-state index is 8.70. The fraction of sp³-hybridized carbons (Fsp3) is 0.500. The Kier molecular flexibility index (Phi) is 5.18. The zero-order valence-electron chi connectivity index (χ0n) is 11.9. The quantitative estimate of drug-likeness (QED) is 0.359. The van der Waals surface area contributed by atoms with E-state index in [1.54, 1.807) is 13.2 Å². The van der Waals surface area contributed by atoms with Crippen LogP contribution < -0.4 is 10.5 Å². The van der Waals surface area contributed by atoms with Crippen LogP contribution in [0.3, 0.4) is 0 Å². The fourth-order valence-corrected chi connectivity index (χ4v) is 1.47. The van der Waals surface area contributed by atoms with Crippen molar-refractivity contribution in [1.29, 1.82) is 0 Å². The Morgan fingerprint density at radius 1 is 1.42 bits per heavy atom. The second kappa shape index (κ2) is 6.43. The summed E-state index contributed by atoms with van der Waals surface area (Å²) in [5, 5.41) is 11.7. The van der Waals surface area contributed by atoms with E-state index in [2.05, 4.69) is 25.9 Å². The normalized spacial score (nSPS) is 12.5. The van der Waals surface area contributed by atoms with Gasteiger partial charge >= 0.3 is 0 Å². The van der Waals surface area contributed by atoms with Crippen LogP contribution in [0, 0.1) is 0 Å². The molecule has 1 aromatic carbocycles. The van der Waals surface area contributed by atoms with Gasteiger partial charge in [-0.05, 0) is 38.0 Å². The van der Waals surface area contributed by atoms with Crippen molar-refractivity contribution in [2.45, 2.75) is 39.4 Å². The van der Waals surface area contributed by atoms with Gasteiger partial charge in [0.05, 0.1) is 24.9 Å². The number of nitrogens with zero attached hydrogens (tertiary/aromatic N) is 1. The molecular weight excluding hydrogens is 244 g/mol. The SMILES string of the molecule is CCC(C)(C)OCc1ccc(/C(N)=N/O)c(OC)c1. The molecule has 0 spiro atoms. The molecule has 5 nitrogen and oxygen atoms in total. The lowest BCUT2D eigenvalue weighted by molar-refractivity contribution is -0.0316. The molecule has 0 unspecified atom stereocenters. The van der Waals surface area contributed by atoms with Crippen molar-refractivity contribution in [2.24, 2.45) is 10.9 Å². The first kappa shape index (κ1) is 15.3. The predicted octanol–water partition coefficient (Wildman–Crippen LogP) is 2.49. The van der Waals surface area contributed by atoms with Gasteiger partial charge in [0.2, 0.25) is 0 Å². The van der Waals surface area contributed by atoms with Crippen molar-refractivity contribution < 1.29 is 14.7 Å². The molecule has 19 heavy (non-hydrogen) atoms. The molecule has 3 N–H and O–H groups in total. The first-order chi connectivity index (χ1) is 8.93. The van der Waals surface area contributed by atoms with E-state index >= 15 is 0 Å². The van der Waals surface area contributed by atoms with Gasteiger partial charge in [0.15, 0.2) is 5.84 Å². The first-order valence-electron chi connectivity index (χ1n) is 6.22. The van der Waals surface area contributed by atoms with E-state index in [4.69, 9.17) is 20.4 Å². The van der Waals surface area contributed by atoms with E-state index in [0.29, 0.717) is 17.9 Å². The Hall–Kier alpha value is -1.75. The van der Waals surface area contributed by atoms with Gasteiger partial charge in [0, 0.05) is 0 Å². The molecule has 0 atom stereocenters. The highest BCUT2D eigenvalue weighted by molar-refractivity contribution is 5.99. The van der Waals surface area contributed by atoms with Gasteiger partial charge in [-0.15, -0.1) is 0 Å². The van der Waals surface area contributed by atoms with Crippen LogP contribution in [0.4, 0.5) is 0 Å². The molecule has 1 aromatic rings. The summed E-state index contributed by atoms with van der Waals surface area (Å²) in [5.41, 5.74) is 6.96. The highest BCUT2D eigenvalue weighted by Gasteiger charge is 2.16. The van der Waals surface area contributed by atoms with Crippen molar-refractivity contribution in [2.75, 3.05) is 7.11 Å². The minimum Gasteiger partial charge on any atom is -0.496 e. The van der Waals surface area contributed by atoms with Crippen molar-refractivity contribution in [3.8, 4) is 5.75 Å². The largest absolute Gasteiger partial charge is 0.496 e. The van der Waals surface area contributed by atoms with Crippen LogP contribution in [0.5, 0.6) is 5.75 Å². The molecule has 0 aliphatic rings. The van der Waals surface area contributed by atoms with E-state index in [9.17, 15) is 0 Å². The van der Waals surface area contributed by atoms with Crippen LogP contribution in [0.25, 0.3) is 0 Å². The minimum absolute atomic E-state index is 0.0261. The Bertz CT molecular complexity index is 456. The van der Waals surface area contributed by atoms with Crippen LogP contribution in [-0.2, 0) is 11.3 Å². The summed E-state index contributed by atoms with van der Waals surface area (Å²) >= 11 is 0. The first-order valence-corrected chi connectivity index (χ1v) is 6.22. The van der Waals surface area contributed by atoms with E-state index < -0.39 is 0 Å². The molecule has 0 heterocycles. The number of amidine groups is 1. The number of ether oxygens (including phenoxy) is 2. The maximum absolute atomic E-state index is 8.70. The average Bonchev–Trinajstić information content (AvgIpc) is 2.44. The summed E-state index contributed by atoms with van der Waals surface area (Å²) in [5.74, 6) is 0.587. The molecule has 0 fully saturated rings. The standard InChI is InChI=1S/C14H22N2O3/c1-5-14(2,3)19-9-10-6-7-11(13(15)16-17)12(8-10)18-4/h6-8,17H,5,9H2,1-4H3,(H2,15,16). The van der Waals surface area contributed by atoms with Crippen molar-refractivity contribution in [1.82, 2.24) is 0 Å². The molecule has 1 rings (SSSR count). The summed E-state index contributed by atoms with van der Waals surface area (Å²) in [6.07, 6.45) is 0.937. The van der Waals surface area contributed by atoms with Crippen LogP contribution >= 0.6 is 0 Å². The number of oxime groups is 1. The van der Waals surface area contributed by atoms with Crippen molar-refractivity contribution >= 4 is 5.84 Å². The number of hydrogen-bond acceptors (Lipinski definition) is 4. The van der Waals surface area contributed by atoms with E-state index in [0.717, 1.165) is 12.0 Å². The molecule has 5 heteroatoms. The summed E-state index contributed by atoms with van der Waals surface area (Å²) < 4.78 is 11.1. The Balaban J connectivity index is 2.89. The third-order valence-electron chi connectivity index (χ3n) is 3.13. The van der Waals surface area contributed by atoms with Gasteiger partial charge in [0.25, 0.3) is 0 Å². The Morgan fingerprint density at radius 3 is 2.63 bits per heavy atom. The van der Waals surface area contributed by atoms with Crippen LogP contribution in [-0.4, -0.2) is 23.8 Å². The number of benzene rings is 1. The third kappa shape index (κ3) is 4.13. The topological polar surface area (TPSA) is 77.1 Å². The highest BCUT2D eigenvalue weighted by atomic mass is 16.5. The summed E-state index contributed by atoms with van der Waals surface area (Å²) in [6.45, 7) is 6.68. The molecule has 0 aliphatic heterocycles. The molecular formula is C14H22N2O3. The molecule has 0 saturated carbocycles. The second-order valence-electron chi connectivity index (χ2n) is 4.92. The van der Waals surface area contributed by atoms with Crippen LogP contribution in [0.15, 0.2) is 23.4 Å². The lowest BCUT2D eigenvalue weighted by atomic mass is 10.1. The minimum atomic E-state index is -0.155. The zero-order valence-corrected chi connectivity index (χ0v) is 11.9.